The van der Waals surface area contributed by atoms with E-state index in [0.29, 0.717) is 0 Å². The minimum Gasteiger partial charge on any atom is -0.457 e. The zero-order chi connectivity index (χ0) is 7.72. The van der Waals surface area contributed by atoms with Gasteiger partial charge < -0.3 is 14.9 Å². The van der Waals surface area contributed by atoms with Gasteiger partial charge in [-0.25, -0.2) is 0 Å². The molecule has 0 spiro atoms. The molecule has 1 saturated heterocycles. The minimum absolute atomic E-state index is 0.308. The summed E-state index contributed by atoms with van der Waals surface area (Å²) in [5, 5.41) is 17.7. The van der Waals surface area contributed by atoms with Crippen LogP contribution in [0.15, 0.2) is 0 Å². The van der Waals surface area contributed by atoms with Crippen molar-refractivity contribution < 1.29 is 19.7 Å². The zero-order valence-corrected chi connectivity index (χ0v) is 5.65. The number of hydrogen-bond acceptors (Lipinski definition) is 4. The maximum Gasteiger partial charge on any atom is 0.311 e. The summed E-state index contributed by atoms with van der Waals surface area (Å²) < 4.78 is 4.60. The van der Waals surface area contributed by atoms with Crippen LogP contribution in [0.5, 0.6) is 0 Å². The fraction of sp³-hybridized carbons (Fsp3) is 0.833. The third-order valence-electron chi connectivity index (χ3n) is 1.71. The highest BCUT2D eigenvalue weighted by Gasteiger charge is 2.39. The van der Waals surface area contributed by atoms with Crippen LogP contribution in [0.3, 0.4) is 0 Å². The largest absolute Gasteiger partial charge is 0.457 e. The van der Waals surface area contributed by atoms with Crippen molar-refractivity contribution in [3.05, 3.63) is 0 Å². The predicted molar refractivity (Wildman–Crippen MR) is 32.1 cm³/mol. The summed E-state index contributed by atoms with van der Waals surface area (Å²) >= 11 is 0. The van der Waals surface area contributed by atoms with Crippen molar-refractivity contribution in [3.63, 3.8) is 0 Å². The molecule has 1 aliphatic rings. The third kappa shape index (κ3) is 0.998. The monoisotopic (exact) mass is 146 g/mol. The van der Waals surface area contributed by atoms with Gasteiger partial charge in [-0.2, -0.15) is 0 Å². The van der Waals surface area contributed by atoms with Crippen LogP contribution < -0.4 is 0 Å². The van der Waals surface area contributed by atoms with Crippen LogP contribution in [-0.2, 0) is 9.53 Å². The van der Waals surface area contributed by atoms with E-state index < -0.39 is 24.1 Å². The first kappa shape index (κ1) is 7.50. The number of esters is 1. The molecule has 1 aliphatic heterocycles. The second-order valence-corrected chi connectivity index (χ2v) is 2.44. The van der Waals surface area contributed by atoms with Crippen LogP contribution >= 0.6 is 0 Å². The molecule has 3 unspecified atom stereocenters. The molecule has 0 saturated carbocycles. The predicted octanol–water partition coefficient (Wildman–Crippen LogP) is -1.10. The van der Waals surface area contributed by atoms with E-state index in [9.17, 15) is 4.79 Å². The summed E-state index contributed by atoms with van der Waals surface area (Å²) in [5.74, 6) is -0.941. The van der Waals surface area contributed by atoms with Gasteiger partial charge >= 0.3 is 5.97 Å². The van der Waals surface area contributed by atoms with E-state index >= 15 is 0 Å². The Kier molecular flexibility index (Phi) is 1.92. The van der Waals surface area contributed by atoms with Gasteiger partial charge in [0, 0.05) is 0 Å². The average molecular weight is 146 g/mol. The molecule has 0 aromatic carbocycles. The highest BCUT2D eigenvalue weighted by atomic mass is 16.6. The van der Waals surface area contributed by atoms with E-state index in [1.807, 2.05) is 0 Å². The molecule has 1 heterocycles. The second-order valence-electron chi connectivity index (χ2n) is 2.44. The first-order valence-electron chi connectivity index (χ1n) is 3.16. The second kappa shape index (κ2) is 2.56. The van der Waals surface area contributed by atoms with Gasteiger partial charge in [-0.1, -0.05) is 0 Å². The van der Waals surface area contributed by atoms with Gasteiger partial charge in [0.25, 0.3) is 0 Å². The van der Waals surface area contributed by atoms with Crippen molar-refractivity contribution in [3.8, 4) is 0 Å². The average Bonchev–Trinajstić information content (AvgIpc) is 2.17. The van der Waals surface area contributed by atoms with Crippen LogP contribution in [0.25, 0.3) is 0 Å². The molecule has 0 aromatic heterocycles. The number of aliphatic hydroxyl groups excluding tert-OH is 2. The minimum atomic E-state index is -0.850. The van der Waals surface area contributed by atoms with Crippen molar-refractivity contribution in [2.75, 3.05) is 6.61 Å². The Morgan fingerprint density at radius 1 is 1.70 bits per heavy atom. The molecule has 0 amide bonds. The topological polar surface area (TPSA) is 66.8 Å². The molecular weight excluding hydrogens is 136 g/mol. The molecule has 0 aliphatic carbocycles. The number of carbonyl (C=O) groups excluding carboxylic acids is 1. The molecule has 0 radical (unpaired) electrons. The number of ether oxygens (including phenoxy) is 1. The van der Waals surface area contributed by atoms with Crippen molar-refractivity contribution in [2.24, 2.45) is 5.92 Å². The Bertz CT molecular complexity index is 145. The molecule has 3 atom stereocenters. The third-order valence-corrected chi connectivity index (χ3v) is 1.71. The van der Waals surface area contributed by atoms with Gasteiger partial charge in [0.1, 0.15) is 6.10 Å². The van der Waals surface area contributed by atoms with Crippen molar-refractivity contribution in [2.45, 2.75) is 19.1 Å². The standard InChI is InChI=1S/C6H10O4/c1-3-5(8)4(2-7)10-6(3)9/h3-5,7-8H,2H2,1H3. The molecule has 4 nitrogen and oxygen atoms in total. The molecular formula is C6H10O4. The molecule has 0 aromatic rings. The highest BCUT2D eigenvalue weighted by molar-refractivity contribution is 5.75. The summed E-state index contributed by atoms with van der Waals surface area (Å²) in [4.78, 5) is 10.7. The molecule has 58 valence electrons. The van der Waals surface area contributed by atoms with Gasteiger partial charge in [0.15, 0.2) is 6.10 Å². The molecule has 10 heavy (non-hydrogen) atoms. The lowest BCUT2D eigenvalue weighted by atomic mass is 10.0. The molecule has 1 fully saturated rings. The molecule has 4 heteroatoms. The SMILES string of the molecule is CC1C(=O)OC(CO)C1O. The summed E-state index contributed by atoms with van der Waals surface area (Å²) in [6.07, 6.45) is -1.57. The Balaban J connectivity index is 2.61. The molecule has 0 bridgehead atoms. The van der Waals surface area contributed by atoms with Crippen molar-refractivity contribution >= 4 is 5.97 Å². The number of hydrogen-bond donors (Lipinski definition) is 2. The van der Waals surface area contributed by atoms with E-state index in [1.54, 1.807) is 6.92 Å². The van der Waals surface area contributed by atoms with E-state index in [-0.39, 0.29) is 6.61 Å². The van der Waals surface area contributed by atoms with Gasteiger partial charge in [-0.15, -0.1) is 0 Å². The van der Waals surface area contributed by atoms with Crippen LogP contribution in [0.4, 0.5) is 0 Å². The normalized spacial score (nSPS) is 39.9. The Hall–Kier alpha value is -0.610. The lowest BCUT2D eigenvalue weighted by Gasteiger charge is -2.09. The summed E-state index contributed by atoms with van der Waals surface area (Å²) in [7, 11) is 0. The number of rotatable bonds is 1. The Labute approximate surface area is 58.4 Å². The lowest BCUT2D eigenvalue weighted by Crippen LogP contribution is -2.27. The van der Waals surface area contributed by atoms with E-state index in [0.717, 1.165) is 0 Å². The Morgan fingerprint density at radius 3 is 2.50 bits per heavy atom. The maximum atomic E-state index is 10.7. The van der Waals surface area contributed by atoms with Crippen LogP contribution in [0, 0.1) is 5.92 Å². The molecule has 2 N–H and O–H groups in total. The van der Waals surface area contributed by atoms with Gasteiger partial charge in [0.2, 0.25) is 0 Å². The van der Waals surface area contributed by atoms with E-state index in [1.165, 1.54) is 0 Å². The fourth-order valence-electron chi connectivity index (χ4n) is 0.933. The Morgan fingerprint density at radius 2 is 2.30 bits per heavy atom. The summed E-state index contributed by atoms with van der Waals surface area (Å²) in [5.41, 5.74) is 0. The van der Waals surface area contributed by atoms with Crippen molar-refractivity contribution in [1.29, 1.82) is 0 Å². The van der Waals surface area contributed by atoms with Crippen molar-refractivity contribution in [1.82, 2.24) is 0 Å². The molecule has 1 rings (SSSR count). The van der Waals surface area contributed by atoms with Gasteiger partial charge in [-0.3, -0.25) is 4.79 Å². The fourth-order valence-corrected chi connectivity index (χ4v) is 0.933. The first-order chi connectivity index (χ1) is 4.66. The quantitative estimate of drug-likeness (QED) is 0.461. The number of aliphatic hydroxyl groups is 2. The first-order valence-corrected chi connectivity index (χ1v) is 3.16. The number of cyclic esters (lactones) is 1. The lowest BCUT2D eigenvalue weighted by molar-refractivity contribution is -0.145. The number of carbonyl (C=O) groups is 1. The van der Waals surface area contributed by atoms with Gasteiger partial charge in [-0.05, 0) is 6.92 Å². The highest BCUT2D eigenvalue weighted by Crippen LogP contribution is 2.20. The van der Waals surface area contributed by atoms with Crippen LogP contribution in [-0.4, -0.2) is 35.0 Å². The van der Waals surface area contributed by atoms with E-state index in [4.69, 9.17) is 10.2 Å². The maximum absolute atomic E-state index is 10.7. The van der Waals surface area contributed by atoms with Crippen LogP contribution in [0.2, 0.25) is 0 Å². The van der Waals surface area contributed by atoms with Gasteiger partial charge in [0.05, 0.1) is 12.5 Å². The summed E-state index contributed by atoms with van der Waals surface area (Å²) in [6, 6.07) is 0. The zero-order valence-electron chi connectivity index (χ0n) is 5.65. The van der Waals surface area contributed by atoms with E-state index in [2.05, 4.69) is 4.74 Å². The summed E-state index contributed by atoms with van der Waals surface area (Å²) in [6.45, 7) is 1.26. The smallest absolute Gasteiger partial charge is 0.311 e. The van der Waals surface area contributed by atoms with Crippen LogP contribution in [0.1, 0.15) is 6.92 Å².